The van der Waals surface area contributed by atoms with Gasteiger partial charge in [0.1, 0.15) is 18.1 Å². The summed E-state index contributed by atoms with van der Waals surface area (Å²) in [6.07, 6.45) is 1.71. The van der Waals surface area contributed by atoms with Gasteiger partial charge in [0.15, 0.2) is 0 Å². The number of halogens is 1. The summed E-state index contributed by atoms with van der Waals surface area (Å²) >= 11 is 0. The highest BCUT2D eigenvalue weighted by atomic mass is 19.1. The predicted octanol–water partition coefficient (Wildman–Crippen LogP) is 1.35. The number of amides is 2. The van der Waals surface area contributed by atoms with Crippen molar-refractivity contribution in [3.63, 3.8) is 0 Å². The zero-order valence-electron chi connectivity index (χ0n) is 15.6. The zero-order chi connectivity index (χ0) is 18.8. The minimum atomic E-state index is -0.270. The fourth-order valence-electron chi connectivity index (χ4n) is 3.79. The Morgan fingerprint density at radius 1 is 1.31 bits per heavy atom. The van der Waals surface area contributed by atoms with Crippen LogP contribution in [-0.4, -0.2) is 73.4 Å². The van der Waals surface area contributed by atoms with Crippen LogP contribution in [0, 0.1) is 11.7 Å². The minimum absolute atomic E-state index is 0.00109. The van der Waals surface area contributed by atoms with Gasteiger partial charge in [-0.2, -0.15) is 0 Å². The number of likely N-dealkylation sites (N-methyl/N-ethyl adjacent to an activating group) is 1. The molecule has 0 saturated carbocycles. The van der Waals surface area contributed by atoms with Crippen LogP contribution >= 0.6 is 0 Å². The van der Waals surface area contributed by atoms with E-state index in [1.165, 1.54) is 11.0 Å². The molecule has 7 heteroatoms. The Labute approximate surface area is 153 Å². The summed E-state index contributed by atoms with van der Waals surface area (Å²) in [5.41, 5.74) is 0.564. The summed E-state index contributed by atoms with van der Waals surface area (Å²) in [6.45, 7) is 1.80. The minimum Gasteiger partial charge on any atom is -0.497 e. The normalized spacial score (nSPS) is 23.1. The number of fused-ring (bicyclic) bond motifs is 4. The molecule has 1 aromatic carbocycles. The van der Waals surface area contributed by atoms with Crippen LogP contribution in [0.4, 0.5) is 4.39 Å². The van der Waals surface area contributed by atoms with Gasteiger partial charge >= 0.3 is 0 Å². The van der Waals surface area contributed by atoms with Crippen LogP contribution in [-0.2, 0) is 16.1 Å². The molecule has 0 unspecified atom stereocenters. The maximum absolute atomic E-state index is 14.2. The van der Waals surface area contributed by atoms with Crippen molar-refractivity contribution in [2.45, 2.75) is 25.4 Å². The van der Waals surface area contributed by atoms with Crippen molar-refractivity contribution in [3.8, 4) is 5.75 Å². The molecule has 1 aromatic rings. The van der Waals surface area contributed by atoms with Gasteiger partial charge in [-0.15, -0.1) is 0 Å². The topological polar surface area (TPSA) is 53.1 Å². The molecular weight excluding hydrogens is 337 g/mol. The number of hydrogen-bond acceptors (Lipinski definition) is 4. The predicted molar refractivity (Wildman–Crippen MR) is 95.1 cm³/mol. The van der Waals surface area contributed by atoms with E-state index in [1.807, 2.05) is 0 Å². The van der Waals surface area contributed by atoms with E-state index in [-0.39, 0.29) is 36.1 Å². The smallest absolute Gasteiger partial charge is 0.241 e. The van der Waals surface area contributed by atoms with Crippen LogP contribution in [0.1, 0.15) is 18.4 Å². The van der Waals surface area contributed by atoms with Crippen molar-refractivity contribution in [2.24, 2.45) is 5.92 Å². The molecule has 3 fully saturated rings. The summed E-state index contributed by atoms with van der Waals surface area (Å²) in [5.74, 6) is 0.195. The summed E-state index contributed by atoms with van der Waals surface area (Å²) in [5, 5.41) is 0. The molecule has 3 aliphatic rings. The average molecular weight is 363 g/mol. The third kappa shape index (κ3) is 3.82. The number of benzene rings is 1. The Bertz CT molecular complexity index is 695. The number of hydrogen-bond donors (Lipinski definition) is 0. The summed E-state index contributed by atoms with van der Waals surface area (Å²) in [4.78, 5) is 30.2. The van der Waals surface area contributed by atoms with Crippen LogP contribution in [0.5, 0.6) is 5.75 Å². The number of rotatable bonds is 5. The Kier molecular flexibility index (Phi) is 5.46. The van der Waals surface area contributed by atoms with Crippen molar-refractivity contribution >= 4 is 11.8 Å². The fraction of sp³-hybridized carbons (Fsp3) is 0.579. The van der Waals surface area contributed by atoms with E-state index in [4.69, 9.17) is 4.74 Å². The highest BCUT2D eigenvalue weighted by Gasteiger charge is 2.41. The molecule has 0 spiro atoms. The number of carbonyl (C=O) groups is 2. The molecule has 26 heavy (non-hydrogen) atoms. The quantitative estimate of drug-likeness (QED) is 0.792. The van der Waals surface area contributed by atoms with E-state index in [0.717, 1.165) is 12.8 Å². The molecule has 2 amide bonds. The number of nitrogens with zero attached hydrogens (tertiary/aromatic N) is 3. The molecule has 6 nitrogen and oxygen atoms in total. The van der Waals surface area contributed by atoms with Crippen LogP contribution in [0.3, 0.4) is 0 Å². The van der Waals surface area contributed by atoms with Gasteiger partial charge in [-0.25, -0.2) is 4.39 Å². The van der Waals surface area contributed by atoms with Gasteiger partial charge < -0.3 is 14.5 Å². The summed E-state index contributed by atoms with van der Waals surface area (Å²) in [7, 11) is 4.95. The molecule has 2 bridgehead atoms. The number of ether oxygens (including phenoxy) is 1. The lowest BCUT2D eigenvalue weighted by Gasteiger charge is -2.36. The standard InChI is InChI=1S/C19H26FN3O3/c1-21(2)18(24)12-23-15-5-4-13(19(23)25)9-22(11-15)10-14-8-16(26-3)6-7-17(14)20/h6-8,13,15H,4-5,9-12H2,1-3H3/t13-,15+/m1/s1. The lowest BCUT2D eigenvalue weighted by atomic mass is 9.94. The maximum atomic E-state index is 14.2. The molecule has 0 N–H and O–H groups in total. The zero-order valence-corrected chi connectivity index (χ0v) is 15.6. The molecule has 3 heterocycles. The second-order valence-corrected chi connectivity index (χ2v) is 7.33. The third-order valence-corrected chi connectivity index (χ3v) is 5.32. The van der Waals surface area contributed by atoms with Crippen LogP contribution in [0.2, 0.25) is 0 Å². The van der Waals surface area contributed by atoms with Gasteiger partial charge in [0.05, 0.1) is 13.0 Å². The van der Waals surface area contributed by atoms with E-state index in [9.17, 15) is 14.0 Å². The lowest BCUT2D eigenvalue weighted by molar-refractivity contribution is -0.145. The van der Waals surface area contributed by atoms with E-state index >= 15 is 0 Å². The van der Waals surface area contributed by atoms with Gasteiger partial charge in [-0.3, -0.25) is 14.5 Å². The van der Waals surface area contributed by atoms with Gasteiger partial charge in [-0.05, 0) is 31.0 Å². The molecule has 2 atom stereocenters. The molecule has 0 aliphatic carbocycles. The Hall–Kier alpha value is -2.15. The maximum Gasteiger partial charge on any atom is 0.241 e. The Balaban J connectivity index is 1.75. The third-order valence-electron chi connectivity index (χ3n) is 5.32. The Morgan fingerprint density at radius 2 is 2.08 bits per heavy atom. The number of piperidine rings is 1. The van der Waals surface area contributed by atoms with Crippen molar-refractivity contribution in [2.75, 3.05) is 40.8 Å². The number of carbonyl (C=O) groups excluding carboxylic acids is 2. The SMILES string of the molecule is COc1ccc(F)c(CN2C[C@H]3CC[C@@H](C2)N(CC(=O)N(C)C)C3=O)c1. The first-order valence-corrected chi connectivity index (χ1v) is 8.94. The van der Waals surface area contributed by atoms with E-state index < -0.39 is 0 Å². The number of methoxy groups -OCH3 is 1. The van der Waals surface area contributed by atoms with E-state index in [2.05, 4.69) is 4.90 Å². The van der Waals surface area contributed by atoms with Gasteiger partial charge in [0.2, 0.25) is 11.8 Å². The summed E-state index contributed by atoms with van der Waals surface area (Å²) in [6, 6.07) is 4.72. The monoisotopic (exact) mass is 363 g/mol. The lowest BCUT2D eigenvalue weighted by Crippen LogP contribution is -2.51. The second kappa shape index (κ2) is 7.61. The van der Waals surface area contributed by atoms with Crippen molar-refractivity contribution in [1.82, 2.24) is 14.7 Å². The molecular formula is C19H26FN3O3. The molecule has 142 valence electrons. The Morgan fingerprint density at radius 3 is 2.77 bits per heavy atom. The first-order chi connectivity index (χ1) is 12.4. The van der Waals surface area contributed by atoms with Crippen LogP contribution < -0.4 is 4.74 Å². The largest absolute Gasteiger partial charge is 0.497 e. The first-order valence-electron chi connectivity index (χ1n) is 8.94. The van der Waals surface area contributed by atoms with Crippen molar-refractivity contribution in [3.05, 3.63) is 29.6 Å². The van der Waals surface area contributed by atoms with Gasteiger partial charge in [0, 0.05) is 45.3 Å². The van der Waals surface area contributed by atoms with Crippen molar-refractivity contribution in [1.29, 1.82) is 0 Å². The first kappa shape index (κ1) is 18.6. The average Bonchev–Trinajstić information content (AvgIpc) is 2.88. The van der Waals surface area contributed by atoms with Crippen molar-refractivity contribution < 1.29 is 18.7 Å². The highest BCUT2D eigenvalue weighted by molar-refractivity contribution is 5.86. The van der Waals surface area contributed by atoms with Crippen LogP contribution in [0.15, 0.2) is 18.2 Å². The fourth-order valence-corrected chi connectivity index (χ4v) is 3.79. The summed E-state index contributed by atoms with van der Waals surface area (Å²) < 4.78 is 19.4. The molecule has 3 saturated heterocycles. The molecule has 3 aliphatic heterocycles. The van der Waals surface area contributed by atoms with Gasteiger partial charge in [0.25, 0.3) is 0 Å². The second-order valence-electron chi connectivity index (χ2n) is 7.33. The van der Waals surface area contributed by atoms with Crippen LogP contribution in [0.25, 0.3) is 0 Å². The van der Waals surface area contributed by atoms with Gasteiger partial charge in [-0.1, -0.05) is 0 Å². The van der Waals surface area contributed by atoms with E-state index in [1.54, 1.807) is 38.2 Å². The molecule has 0 radical (unpaired) electrons. The molecule has 4 rings (SSSR count). The molecule has 0 aromatic heterocycles. The van der Waals surface area contributed by atoms with E-state index in [0.29, 0.717) is 30.9 Å². The highest BCUT2D eigenvalue weighted by Crippen LogP contribution is 2.30.